The van der Waals surface area contributed by atoms with Gasteiger partial charge in [-0.15, -0.1) is 0 Å². The van der Waals surface area contributed by atoms with Crippen LogP contribution in [-0.2, 0) is 18.3 Å². The number of pyridine rings is 1. The van der Waals surface area contributed by atoms with Crippen LogP contribution >= 0.6 is 0 Å². The van der Waals surface area contributed by atoms with E-state index in [2.05, 4.69) is 44.6 Å². The summed E-state index contributed by atoms with van der Waals surface area (Å²) in [4.78, 5) is 20.2. The molecule has 0 radical (unpaired) electrons. The molecule has 0 saturated carbocycles. The van der Waals surface area contributed by atoms with E-state index < -0.39 is 0 Å². The first kappa shape index (κ1) is 20.3. The van der Waals surface area contributed by atoms with Gasteiger partial charge in [0.2, 0.25) is 0 Å². The third-order valence-electron chi connectivity index (χ3n) is 5.75. The normalized spacial score (nSPS) is 14.1. The first-order valence-electron chi connectivity index (χ1n) is 10.7. The Morgan fingerprint density at radius 2 is 1.94 bits per heavy atom. The van der Waals surface area contributed by atoms with Gasteiger partial charge in [-0.3, -0.25) is 9.48 Å². The van der Waals surface area contributed by atoms with Crippen LogP contribution < -0.4 is 10.2 Å². The summed E-state index contributed by atoms with van der Waals surface area (Å²) < 4.78 is 12.6. The van der Waals surface area contributed by atoms with Crippen molar-refractivity contribution in [3.8, 4) is 11.5 Å². The van der Waals surface area contributed by atoms with E-state index in [4.69, 9.17) is 9.15 Å². The zero-order valence-electron chi connectivity index (χ0n) is 18.2. The van der Waals surface area contributed by atoms with Crippen LogP contribution in [-0.4, -0.2) is 47.0 Å². The van der Waals surface area contributed by atoms with Gasteiger partial charge in [-0.25, -0.2) is 4.98 Å². The maximum absolute atomic E-state index is 13.2. The van der Waals surface area contributed by atoms with E-state index in [0.717, 1.165) is 42.9 Å². The van der Waals surface area contributed by atoms with Crippen LogP contribution in [0.5, 0.6) is 0 Å². The van der Waals surface area contributed by atoms with E-state index >= 15 is 0 Å². The summed E-state index contributed by atoms with van der Waals surface area (Å²) in [5.41, 5.74) is 4.77. The minimum Gasteiger partial charge on any atom is -0.463 e. The summed E-state index contributed by atoms with van der Waals surface area (Å²) in [6.45, 7) is 5.63. The van der Waals surface area contributed by atoms with E-state index in [0.29, 0.717) is 29.2 Å². The van der Waals surface area contributed by atoms with Gasteiger partial charge in [0, 0.05) is 32.4 Å². The number of carbonyl (C=O) groups excluding carboxylic acids is 1. The predicted octanol–water partition coefficient (Wildman–Crippen LogP) is 3.30. The summed E-state index contributed by atoms with van der Waals surface area (Å²) in [7, 11) is 1.83. The molecule has 0 atom stereocenters. The van der Waals surface area contributed by atoms with E-state index in [1.807, 2.05) is 20.0 Å². The van der Waals surface area contributed by atoms with E-state index in [9.17, 15) is 4.79 Å². The third kappa shape index (κ3) is 3.85. The molecule has 5 rings (SSSR count). The highest BCUT2D eigenvalue weighted by atomic mass is 16.5. The highest BCUT2D eigenvalue weighted by molar-refractivity contribution is 6.07. The Hall–Kier alpha value is -3.65. The SMILES string of the molecule is Cc1nn(C)c2nc(-c3ccco3)cc(C(=O)NCc3ccc(N4CCOCC4)cc3)c12. The van der Waals surface area contributed by atoms with Gasteiger partial charge >= 0.3 is 0 Å². The number of hydrogen-bond acceptors (Lipinski definition) is 6. The number of anilines is 1. The fraction of sp³-hybridized carbons (Fsp3) is 0.292. The standard InChI is InChI=1S/C24H25N5O3/c1-16-22-19(14-20(21-4-3-11-32-21)26-23(22)28(2)27-16)24(30)25-15-17-5-7-18(8-6-17)29-9-12-31-13-10-29/h3-8,11,14H,9-10,12-13,15H2,1-2H3,(H,25,30). The molecule has 0 spiro atoms. The average molecular weight is 431 g/mol. The van der Waals surface area contributed by atoms with Crippen LogP contribution in [0.4, 0.5) is 5.69 Å². The molecule has 1 aromatic carbocycles. The molecule has 164 valence electrons. The van der Waals surface area contributed by atoms with Crippen molar-refractivity contribution in [1.82, 2.24) is 20.1 Å². The number of nitrogens with zero attached hydrogens (tertiary/aromatic N) is 4. The maximum atomic E-state index is 13.2. The van der Waals surface area contributed by atoms with Gasteiger partial charge in [0.1, 0.15) is 5.69 Å². The van der Waals surface area contributed by atoms with E-state index in [1.54, 1.807) is 23.1 Å². The zero-order valence-corrected chi connectivity index (χ0v) is 18.2. The lowest BCUT2D eigenvalue weighted by Gasteiger charge is -2.28. The largest absolute Gasteiger partial charge is 0.463 e. The number of hydrogen-bond donors (Lipinski definition) is 1. The molecule has 1 aliphatic rings. The van der Waals surface area contributed by atoms with Crippen LogP contribution in [0.2, 0.25) is 0 Å². The summed E-state index contributed by atoms with van der Waals surface area (Å²) >= 11 is 0. The van der Waals surface area contributed by atoms with Crippen molar-refractivity contribution in [2.45, 2.75) is 13.5 Å². The molecule has 32 heavy (non-hydrogen) atoms. The number of carbonyl (C=O) groups is 1. The minimum atomic E-state index is -0.168. The molecule has 1 fully saturated rings. The maximum Gasteiger partial charge on any atom is 0.252 e. The second-order valence-corrected chi connectivity index (χ2v) is 7.89. The number of furan rings is 1. The number of benzene rings is 1. The van der Waals surface area contributed by atoms with Gasteiger partial charge in [0.25, 0.3) is 5.91 Å². The summed E-state index contributed by atoms with van der Waals surface area (Å²) in [6, 6.07) is 13.7. The number of morpholine rings is 1. The fourth-order valence-corrected chi connectivity index (χ4v) is 4.10. The van der Waals surface area contributed by atoms with Crippen molar-refractivity contribution in [2.24, 2.45) is 7.05 Å². The lowest BCUT2D eigenvalue weighted by molar-refractivity contribution is 0.0952. The molecule has 0 aliphatic carbocycles. The van der Waals surface area contributed by atoms with E-state index in [-0.39, 0.29) is 5.91 Å². The van der Waals surface area contributed by atoms with Crippen LogP contribution in [0, 0.1) is 6.92 Å². The van der Waals surface area contributed by atoms with Gasteiger partial charge in [0.05, 0.1) is 36.1 Å². The Balaban J connectivity index is 1.37. The number of aryl methyl sites for hydroxylation is 2. The lowest BCUT2D eigenvalue weighted by atomic mass is 10.1. The van der Waals surface area contributed by atoms with Crippen molar-refractivity contribution >= 4 is 22.6 Å². The Morgan fingerprint density at radius 1 is 1.16 bits per heavy atom. The summed E-state index contributed by atoms with van der Waals surface area (Å²) in [5, 5.41) is 8.26. The summed E-state index contributed by atoms with van der Waals surface area (Å²) in [6.07, 6.45) is 1.59. The number of nitrogens with one attached hydrogen (secondary N) is 1. The quantitative estimate of drug-likeness (QED) is 0.522. The first-order chi connectivity index (χ1) is 15.6. The molecular weight excluding hydrogens is 406 g/mol. The molecule has 0 bridgehead atoms. The Kier molecular flexibility index (Phi) is 5.36. The van der Waals surface area contributed by atoms with Crippen LogP contribution in [0.15, 0.2) is 53.1 Å². The molecular formula is C24H25N5O3. The van der Waals surface area contributed by atoms with Gasteiger partial charge in [-0.1, -0.05) is 12.1 Å². The smallest absolute Gasteiger partial charge is 0.252 e. The Morgan fingerprint density at radius 3 is 2.66 bits per heavy atom. The molecule has 1 aliphatic heterocycles. The minimum absolute atomic E-state index is 0.168. The number of aromatic nitrogens is 3. The van der Waals surface area contributed by atoms with Crippen molar-refractivity contribution in [3.63, 3.8) is 0 Å². The number of amides is 1. The highest BCUT2D eigenvalue weighted by Crippen LogP contribution is 2.27. The van der Waals surface area contributed by atoms with Crippen molar-refractivity contribution in [3.05, 3.63) is 65.5 Å². The molecule has 0 unspecified atom stereocenters. The Bertz CT molecular complexity index is 1240. The second kappa shape index (κ2) is 8.47. The van der Waals surface area contributed by atoms with Crippen molar-refractivity contribution < 1.29 is 13.9 Å². The van der Waals surface area contributed by atoms with Gasteiger partial charge in [0.15, 0.2) is 11.4 Å². The molecule has 4 heterocycles. The van der Waals surface area contributed by atoms with Crippen molar-refractivity contribution in [2.75, 3.05) is 31.2 Å². The highest BCUT2D eigenvalue weighted by Gasteiger charge is 2.20. The molecule has 8 nitrogen and oxygen atoms in total. The average Bonchev–Trinajstić information content (AvgIpc) is 3.46. The number of ether oxygens (including phenoxy) is 1. The second-order valence-electron chi connectivity index (χ2n) is 7.89. The lowest BCUT2D eigenvalue weighted by Crippen LogP contribution is -2.36. The predicted molar refractivity (Wildman–Crippen MR) is 122 cm³/mol. The Labute approximate surface area is 185 Å². The summed E-state index contributed by atoms with van der Waals surface area (Å²) in [5.74, 6) is 0.442. The monoisotopic (exact) mass is 431 g/mol. The first-order valence-corrected chi connectivity index (χ1v) is 10.7. The van der Waals surface area contributed by atoms with Crippen LogP contribution in [0.25, 0.3) is 22.5 Å². The molecule has 1 amide bonds. The van der Waals surface area contributed by atoms with Gasteiger partial charge < -0.3 is 19.4 Å². The molecule has 8 heteroatoms. The molecule has 1 saturated heterocycles. The third-order valence-corrected chi connectivity index (χ3v) is 5.75. The van der Waals surface area contributed by atoms with Crippen LogP contribution in [0.1, 0.15) is 21.6 Å². The molecule has 3 aromatic heterocycles. The van der Waals surface area contributed by atoms with Gasteiger partial charge in [-0.2, -0.15) is 5.10 Å². The van der Waals surface area contributed by atoms with Gasteiger partial charge in [-0.05, 0) is 42.8 Å². The number of rotatable bonds is 5. The van der Waals surface area contributed by atoms with Crippen LogP contribution in [0.3, 0.4) is 0 Å². The fourth-order valence-electron chi connectivity index (χ4n) is 4.10. The number of fused-ring (bicyclic) bond motifs is 1. The topological polar surface area (TPSA) is 85.4 Å². The van der Waals surface area contributed by atoms with Crippen molar-refractivity contribution in [1.29, 1.82) is 0 Å². The molecule has 1 N–H and O–H groups in total. The zero-order chi connectivity index (χ0) is 22.1. The van der Waals surface area contributed by atoms with E-state index in [1.165, 1.54) is 5.69 Å². The molecule has 4 aromatic rings.